The van der Waals surface area contributed by atoms with Crippen molar-refractivity contribution < 1.29 is 14.3 Å². The number of ketones is 1. The summed E-state index contributed by atoms with van der Waals surface area (Å²) in [7, 11) is 0. The van der Waals surface area contributed by atoms with Gasteiger partial charge in [0.05, 0.1) is 4.88 Å². The van der Waals surface area contributed by atoms with Gasteiger partial charge < -0.3 is 9.64 Å². The molecule has 0 bridgehead atoms. The van der Waals surface area contributed by atoms with E-state index in [0.717, 1.165) is 24.1 Å². The van der Waals surface area contributed by atoms with Crippen LogP contribution in [0.4, 0.5) is 0 Å². The lowest BCUT2D eigenvalue weighted by Gasteiger charge is -2.25. The second kappa shape index (κ2) is 6.50. The maximum absolute atomic E-state index is 12.3. The zero-order valence-corrected chi connectivity index (χ0v) is 14.0. The second-order valence-electron chi connectivity index (χ2n) is 5.64. The molecular weight excluding hydrogens is 312 g/mol. The number of amides is 1. The van der Waals surface area contributed by atoms with E-state index < -0.39 is 0 Å². The molecule has 0 radical (unpaired) electrons. The maximum Gasteiger partial charge on any atom is 0.219 e. The molecule has 0 fully saturated rings. The van der Waals surface area contributed by atoms with Crippen molar-refractivity contribution in [2.24, 2.45) is 0 Å². The molecule has 5 nitrogen and oxygen atoms in total. The van der Waals surface area contributed by atoms with Gasteiger partial charge in [0.2, 0.25) is 17.6 Å². The zero-order valence-electron chi connectivity index (χ0n) is 13.2. The molecule has 0 atom stereocenters. The number of fused-ring (bicyclic) bond motifs is 1. The van der Waals surface area contributed by atoms with Crippen molar-refractivity contribution in [1.29, 1.82) is 0 Å². The standard InChI is InChI=1S/C17H18N2O3S/c1-11-3-4-17(18-8-11)22-10-14(21)16-7-13-9-19(12(2)20)6-5-15(13)23-16/h3-4,7-8H,5-6,9-10H2,1-2H3. The molecule has 6 heteroatoms. The number of Topliss-reactive ketones (excluding diaryl/α,β-unsaturated/α-hetero) is 1. The van der Waals surface area contributed by atoms with Crippen molar-refractivity contribution in [2.75, 3.05) is 13.2 Å². The average Bonchev–Trinajstić information content (AvgIpc) is 2.97. The predicted molar refractivity (Wildman–Crippen MR) is 87.9 cm³/mol. The van der Waals surface area contributed by atoms with Gasteiger partial charge in [-0.3, -0.25) is 9.59 Å². The molecule has 0 saturated carbocycles. The van der Waals surface area contributed by atoms with E-state index >= 15 is 0 Å². The first-order chi connectivity index (χ1) is 11.0. The van der Waals surface area contributed by atoms with Crippen molar-refractivity contribution in [3.63, 3.8) is 0 Å². The van der Waals surface area contributed by atoms with E-state index in [1.54, 1.807) is 24.1 Å². The van der Waals surface area contributed by atoms with Crippen LogP contribution in [0.2, 0.25) is 0 Å². The highest BCUT2D eigenvalue weighted by Crippen LogP contribution is 2.28. The number of hydrogen-bond acceptors (Lipinski definition) is 5. The smallest absolute Gasteiger partial charge is 0.219 e. The molecule has 3 rings (SSSR count). The Morgan fingerprint density at radius 1 is 1.39 bits per heavy atom. The molecule has 23 heavy (non-hydrogen) atoms. The number of nitrogens with zero attached hydrogens (tertiary/aromatic N) is 2. The third kappa shape index (κ3) is 3.59. The molecule has 0 aromatic carbocycles. The van der Waals surface area contributed by atoms with Gasteiger partial charge in [0.15, 0.2) is 6.61 Å². The Morgan fingerprint density at radius 2 is 2.22 bits per heavy atom. The van der Waals surface area contributed by atoms with E-state index in [1.165, 1.54) is 16.2 Å². The zero-order chi connectivity index (χ0) is 16.4. The first-order valence-electron chi connectivity index (χ1n) is 7.48. The molecule has 2 aromatic heterocycles. The Bertz CT molecular complexity index is 737. The van der Waals surface area contributed by atoms with E-state index in [0.29, 0.717) is 17.3 Å². The molecule has 0 unspecified atom stereocenters. The van der Waals surface area contributed by atoms with Crippen LogP contribution in [-0.2, 0) is 17.8 Å². The van der Waals surface area contributed by atoms with Gasteiger partial charge in [-0.2, -0.15) is 0 Å². The molecule has 1 amide bonds. The van der Waals surface area contributed by atoms with Gasteiger partial charge in [-0.1, -0.05) is 6.07 Å². The van der Waals surface area contributed by atoms with Crippen molar-refractivity contribution in [3.8, 4) is 5.88 Å². The largest absolute Gasteiger partial charge is 0.469 e. The highest BCUT2D eigenvalue weighted by molar-refractivity contribution is 7.14. The van der Waals surface area contributed by atoms with Crippen LogP contribution in [0.1, 0.15) is 32.6 Å². The minimum atomic E-state index is -0.0545. The van der Waals surface area contributed by atoms with Crippen LogP contribution >= 0.6 is 11.3 Å². The number of aromatic nitrogens is 1. The van der Waals surface area contributed by atoms with Gasteiger partial charge in [0.25, 0.3) is 0 Å². The van der Waals surface area contributed by atoms with Crippen LogP contribution in [0, 0.1) is 6.92 Å². The summed E-state index contributed by atoms with van der Waals surface area (Å²) in [6.07, 6.45) is 2.52. The normalized spacial score (nSPS) is 13.6. The summed E-state index contributed by atoms with van der Waals surface area (Å²) >= 11 is 1.51. The highest BCUT2D eigenvalue weighted by Gasteiger charge is 2.22. The van der Waals surface area contributed by atoms with Gasteiger partial charge in [-0.05, 0) is 30.5 Å². The summed E-state index contributed by atoms with van der Waals surface area (Å²) in [5.74, 6) is 0.470. The SMILES string of the molecule is CC(=O)N1CCc2sc(C(=O)COc3ccc(C)cn3)cc2C1. The Labute approximate surface area is 138 Å². The number of aryl methyl sites for hydroxylation is 1. The third-order valence-electron chi connectivity index (χ3n) is 3.82. The first kappa shape index (κ1) is 15.7. The number of rotatable bonds is 4. The Balaban J connectivity index is 1.64. The van der Waals surface area contributed by atoms with E-state index in [9.17, 15) is 9.59 Å². The third-order valence-corrected chi connectivity index (χ3v) is 5.10. The lowest BCUT2D eigenvalue weighted by molar-refractivity contribution is -0.129. The summed E-state index contributed by atoms with van der Waals surface area (Å²) in [6.45, 7) is 4.81. The van der Waals surface area contributed by atoms with Crippen LogP contribution in [0.3, 0.4) is 0 Å². The number of thiophene rings is 1. The van der Waals surface area contributed by atoms with E-state index in [4.69, 9.17) is 4.74 Å². The Morgan fingerprint density at radius 3 is 2.91 bits per heavy atom. The van der Waals surface area contributed by atoms with Gasteiger partial charge in [0, 0.05) is 37.2 Å². The molecule has 2 aromatic rings. The monoisotopic (exact) mass is 330 g/mol. The maximum atomic E-state index is 12.3. The van der Waals surface area contributed by atoms with Crippen LogP contribution in [-0.4, -0.2) is 34.7 Å². The second-order valence-corrected chi connectivity index (χ2v) is 6.77. The van der Waals surface area contributed by atoms with Crippen LogP contribution < -0.4 is 4.74 Å². The molecule has 0 N–H and O–H groups in total. The Kier molecular flexibility index (Phi) is 4.43. The molecule has 3 heterocycles. The summed E-state index contributed by atoms with van der Waals surface area (Å²) < 4.78 is 5.45. The van der Waals surface area contributed by atoms with Crippen molar-refractivity contribution in [1.82, 2.24) is 9.88 Å². The van der Waals surface area contributed by atoms with E-state index in [-0.39, 0.29) is 18.3 Å². The number of carbonyl (C=O) groups is 2. The number of hydrogen-bond donors (Lipinski definition) is 0. The van der Waals surface area contributed by atoms with Crippen LogP contribution in [0.5, 0.6) is 5.88 Å². The number of carbonyl (C=O) groups excluding carboxylic acids is 2. The van der Waals surface area contributed by atoms with Crippen LogP contribution in [0.25, 0.3) is 0 Å². The topological polar surface area (TPSA) is 59.5 Å². The summed E-state index contributed by atoms with van der Waals surface area (Å²) in [5.41, 5.74) is 2.12. The van der Waals surface area contributed by atoms with Crippen LogP contribution in [0.15, 0.2) is 24.4 Å². The first-order valence-corrected chi connectivity index (χ1v) is 8.30. The quantitative estimate of drug-likeness (QED) is 0.809. The molecule has 0 aliphatic carbocycles. The van der Waals surface area contributed by atoms with Gasteiger partial charge >= 0.3 is 0 Å². The number of ether oxygens (including phenoxy) is 1. The summed E-state index contributed by atoms with van der Waals surface area (Å²) in [6, 6.07) is 5.54. The fourth-order valence-corrected chi connectivity index (χ4v) is 3.58. The fraction of sp³-hybridized carbons (Fsp3) is 0.353. The molecule has 1 aliphatic heterocycles. The van der Waals surface area contributed by atoms with E-state index in [1.807, 2.05) is 19.1 Å². The average molecular weight is 330 g/mol. The summed E-state index contributed by atoms with van der Waals surface area (Å²) in [4.78, 5) is 31.6. The van der Waals surface area contributed by atoms with Crippen molar-refractivity contribution in [2.45, 2.75) is 26.8 Å². The minimum Gasteiger partial charge on any atom is -0.469 e. The highest BCUT2D eigenvalue weighted by atomic mass is 32.1. The fourth-order valence-electron chi connectivity index (χ4n) is 2.49. The van der Waals surface area contributed by atoms with E-state index in [2.05, 4.69) is 4.98 Å². The van der Waals surface area contributed by atoms with Gasteiger partial charge in [-0.15, -0.1) is 11.3 Å². The minimum absolute atomic E-state index is 0.0219. The van der Waals surface area contributed by atoms with Crippen molar-refractivity contribution >= 4 is 23.0 Å². The van der Waals surface area contributed by atoms with Gasteiger partial charge in [-0.25, -0.2) is 4.98 Å². The molecular formula is C17H18N2O3S. The number of pyridine rings is 1. The van der Waals surface area contributed by atoms with Crippen molar-refractivity contribution in [3.05, 3.63) is 45.3 Å². The molecule has 120 valence electrons. The molecule has 1 aliphatic rings. The molecule has 0 saturated heterocycles. The summed E-state index contributed by atoms with van der Waals surface area (Å²) in [5, 5.41) is 0. The predicted octanol–water partition coefficient (Wildman–Crippen LogP) is 2.62. The lowest BCUT2D eigenvalue weighted by atomic mass is 10.1. The Hall–Kier alpha value is -2.21. The van der Waals surface area contributed by atoms with Gasteiger partial charge in [0.1, 0.15) is 0 Å². The molecule has 0 spiro atoms. The lowest BCUT2D eigenvalue weighted by Crippen LogP contribution is -2.33.